The topological polar surface area (TPSA) is 6.48 Å². The van der Waals surface area contributed by atoms with Gasteiger partial charge in [0.1, 0.15) is 0 Å². The summed E-state index contributed by atoms with van der Waals surface area (Å²) >= 11 is 0. The maximum Gasteiger partial charge on any atom is 0.0392 e. The van der Waals surface area contributed by atoms with Crippen molar-refractivity contribution in [1.82, 2.24) is 9.80 Å². The lowest BCUT2D eigenvalue weighted by Gasteiger charge is -2.34. The third kappa shape index (κ3) is 2.15. The summed E-state index contributed by atoms with van der Waals surface area (Å²) in [5, 5.41) is 0. The molecule has 0 unspecified atom stereocenters. The van der Waals surface area contributed by atoms with Gasteiger partial charge in [0.05, 0.1) is 0 Å². The Morgan fingerprint density at radius 3 is 2.50 bits per heavy atom. The summed E-state index contributed by atoms with van der Waals surface area (Å²) in [4.78, 5) is 4.48. The summed E-state index contributed by atoms with van der Waals surface area (Å²) in [5.41, 5.74) is 0. The van der Waals surface area contributed by atoms with Gasteiger partial charge in [-0.05, 0) is 19.4 Å². The first-order valence-corrected chi connectivity index (χ1v) is 4.69. The van der Waals surface area contributed by atoms with Crippen molar-refractivity contribution >= 4 is 0 Å². The lowest BCUT2D eigenvalue weighted by atomic mass is 10.0. The summed E-state index contributed by atoms with van der Waals surface area (Å²) in [6, 6.07) is 3.29. The van der Waals surface area contributed by atoms with Crippen molar-refractivity contribution in [3.63, 3.8) is 0 Å². The highest BCUT2D eigenvalue weighted by Crippen LogP contribution is 2.13. The van der Waals surface area contributed by atoms with E-state index in [1.165, 1.54) is 32.5 Å². The summed E-state index contributed by atoms with van der Waals surface area (Å²) in [6.45, 7) is 5.79. The molecule has 12 heavy (non-hydrogen) atoms. The number of terminal acetylenes is 1. The van der Waals surface area contributed by atoms with E-state index in [0.717, 1.165) is 0 Å². The zero-order valence-electron chi connectivity index (χ0n) is 8.08. The van der Waals surface area contributed by atoms with E-state index in [1.54, 1.807) is 0 Å². The van der Waals surface area contributed by atoms with Crippen LogP contribution in [0.2, 0.25) is 0 Å². The molecule has 1 aliphatic rings. The fraction of sp³-hybridized carbons (Fsp3) is 0.800. The minimum atomic E-state index is 0.609. The van der Waals surface area contributed by atoms with Crippen molar-refractivity contribution in [2.24, 2.45) is 0 Å². The van der Waals surface area contributed by atoms with Crippen LogP contribution in [0, 0.1) is 12.5 Å². The molecule has 0 atom stereocenters. The van der Waals surface area contributed by atoms with Crippen molar-refractivity contribution in [2.45, 2.75) is 25.8 Å². The van der Waals surface area contributed by atoms with Crippen molar-refractivity contribution in [3.8, 4) is 12.5 Å². The van der Waals surface area contributed by atoms with E-state index in [9.17, 15) is 0 Å². The van der Waals surface area contributed by atoms with Gasteiger partial charge in [0.2, 0.25) is 0 Å². The molecule has 0 spiro atoms. The van der Waals surface area contributed by atoms with E-state index in [1.807, 2.05) is 11.9 Å². The van der Waals surface area contributed by atoms with Crippen molar-refractivity contribution in [3.05, 3.63) is 0 Å². The average molecular weight is 166 g/mol. The molecule has 0 aromatic carbocycles. The average Bonchev–Trinajstić information content (AvgIpc) is 2.17. The standard InChI is InChI=1S/C10H18N2/c1-4-11(3)10-6-8-12(5-2)9-7-10/h1,10H,5-9H2,2-3H3. The molecule has 2 nitrogen and oxygen atoms in total. The largest absolute Gasteiger partial charge is 0.333 e. The first-order chi connectivity index (χ1) is 5.77. The molecule has 0 aliphatic carbocycles. The lowest BCUT2D eigenvalue weighted by molar-refractivity contribution is 0.167. The maximum absolute atomic E-state index is 5.33. The van der Waals surface area contributed by atoms with Crippen molar-refractivity contribution < 1.29 is 0 Å². The first kappa shape index (κ1) is 9.41. The molecule has 0 radical (unpaired) electrons. The van der Waals surface area contributed by atoms with Gasteiger partial charge in [0, 0.05) is 32.2 Å². The van der Waals surface area contributed by atoms with Crippen LogP contribution in [0.1, 0.15) is 19.8 Å². The molecular weight excluding hydrogens is 148 g/mol. The van der Waals surface area contributed by atoms with Crippen molar-refractivity contribution in [1.29, 1.82) is 0 Å². The predicted octanol–water partition coefficient (Wildman–Crippen LogP) is 0.993. The zero-order valence-corrected chi connectivity index (χ0v) is 8.08. The molecule has 1 heterocycles. The molecule has 0 amide bonds. The molecule has 0 saturated carbocycles. The van der Waals surface area contributed by atoms with Gasteiger partial charge in [0.15, 0.2) is 0 Å². The highest BCUT2D eigenvalue weighted by atomic mass is 15.2. The van der Waals surface area contributed by atoms with Crippen LogP contribution >= 0.6 is 0 Å². The number of hydrogen-bond acceptors (Lipinski definition) is 2. The molecule has 1 aliphatic heterocycles. The second kappa shape index (κ2) is 4.37. The molecule has 2 heteroatoms. The number of nitrogens with zero attached hydrogens (tertiary/aromatic N) is 2. The Hall–Kier alpha value is -0.680. The van der Waals surface area contributed by atoms with Crippen LogP contribution in [0.5, 0.6) is 0 Å². The van der Waals surface area contributed by atoms with Crippen LogP contribution < -0.4 is 0 Å². The van der Waals surface area contributed by atoms with E-state index >= 15 is 0 Å². The van der Waals surface area contributed by atoms with Crippen molar-refractivity contribution in [2.75, 3.05) is 26.7 Å². The monoisotopic (exact) mass is 166 g/mol. The number of piperidine rings is 1. The molecule has 1 rings (SSSR count). The maximum atomic E-state index is 5.33. The van der Waals surface area contributed by atoms with E-state index in [2.05, 4.69) is 17.9 Å². The Labute approximate surface area is 75.5 Å². The number of rotatable bonds is 2. The highest BCUT2D eigenvalue weighted by molar-refractivity contribution is 4.89. The van der Waals surface area contributed by atoms with Crippen LogP contribution in [0.3, 0.4) is 0 Å². The van der Waals surface area contributed by atoms with Crippen LogP contribution in [-0.2, 0) is 0 Å². The molecule has 0 bridgehead atoms. The Bertz CT molecular complexity index is 163. The molecule has 0 aromatic heterocycles. The smallest absolute Gasteiger partial charge is 0.0392 e. The SMILES string of the molecule is C#CN(C)C1CCN(CC)CC1. The quantitative estimate of drug-likeness (QED) is 0.446. The summed E-state index contributed by atoms with van der Waals surface area (Å²) in [7, 11) is 2.01. The van der Waals surface area contributed by atoms with Gasteiger partial charge >= 0.3 is 0 Å². The third-order valence-electron chi connectivity index (χ3n) is 2.76. The van der Waals surface area contributed by atoms with Gasteiger partial charge in [-0.3, -0.25) is 0 Å². The number of likely N-dealkylation sites (tertiary alicyclic amines) is 1. The van der Waals surface area contributed by atoms with Crippen LogP contribution in [0.4, 0.5) is 0 Å². The van der Waals surface area contributed by atoms with Gasteiger partial charge in [-0.25, -0.2) is 0 Å². The van der Waals surface area contributed by atoms with Gasteiger partial charge in [-0.2, -0.15) is 0 Å². The van der Waals surface area contributed by atoms with E-state index in [4.69, 9.17) is 6.42 Å². The fourth-order valence-electron chi connectivity index (χ4n) is 1.73. The Morgan fingerprint density at radius 1 is 1.50 bits per heavy atom. The van der Waals surface area contributed by atoms with Gasteiger partial charge in [-0.1, -0.05) is 13.3 Å². The molecule has 0 N–H and O–H groups in total. The molecule has 68 valence electrons. The van der Waals surface area contributed by atoms with Gasteiger partial charge in [0.25, 0.3) is 0 Å². The van der Waals surface area contributed by atoms with Gasteiger partial charge in [-0.15, -0.1) is 0 Å². The van der Waals surface area contributed by atoms with E-state index < -0.39 is 0 Å². The first-order valence-electron chi connectivity index (χ1n) is 4.69. The summed E-state index contributed by atoms with van der Waals surface area (Å²) in [6.07, 6.45) is 7.77. The minimum Gasteiger partial charge on any atom is -0.333 e. The molecule has 1 saturated heterocycles. The van der Waals surface area contributed by atoms with E-state index in [-0.39, 0.29) is 0 Å². The van der Waals surface area contributed by atoms with Crippen LogP contribution in [-0.4, -0.2) is 42.5 Å². The Morgan fingerprint density at radius 2 is 2.08 bits per heavy atom. The third-order valence-corrected chi connectivity index (χ3v) is 2.76. The second-order valence-electron chi connectivity index (χ2n) is 3.41. The number of hydrogen-bond donors (Lipinski definition) is 0. The zero-order chi connectivity index (χ0) is 8.97. The van der Waals surface area contributed by atoms with Crippen LogP contribution in [0.15, 0.2) is 0 Å². The predicted molar refractivity (Wildman–Crippen MR) is 51.7 cm³/mol. The highest BCUT2D eigenvalue weighted by Gasteiger charge is 2.19. The molecular formula is C10H18N2. The Kier molecular flexibility index (Phi) is 3.43. The summed E-state index contributed by atoms with van der Waals surface area (Å²) in [5.74, 6) is 0. The van der Waals surface area contributed by atoms with E-state index in [0.29, 0.717) is 6.04 Å². The van der Waals surface area contributed by atoms with Gasteiger partial charge < -0.3 is 9.80 Å². The second-order valence-corrected chi connectivity index (χ2v) is 3.41. The molecule has 1 fully saturated rings. The Balaban J connectivity index is 2.31. The lowest BCUT2D eigenvalue weighted by Crippen LogP contribution is -2.41. The normalized spacial score (nSPS) is 20.4. The summed E-state index contributed by atoms with van der Waals surface area (Å²) < 4.78 is 0. The minimum absolute atomic E-state index is 0.609. The molecule has 0 aromatic rings. The fourth-order valence-corrected chi connectivity index (χ4v) is 1.73. The van der Waals surface area contributed by atoms with Crippen LogP contribution in [0.25, 0.3) is 0 Å².